The van der Waals surface area contributed by atoms with Crippen molar-refractivity contribution < 1.29 is 0 Å². The van der Waals surface area contributed by atoms with Crippen LogP contribution in [0.3, 0.4) is 0 Å². The number of halogens is 1. The van der Waals surface area contributed by atoms with Crippen LogP contribution in [0.1, 0.15) is 12.6 Å². The van der Waals surface area contributed by atoms with Gasteiger partial charge in [0.1, 0.15) is 0 Å². The molecule has 0 aliphatic carbocycles. The van der Waals surface area contributed by atoms with E-state index in [1.165, 1.54) is 9.13 Å². The average molecular weight is 427 g/mol. The zero-order valence-corrected chi connectivity index (χ0v) is 16.3. The molecule has 0 aromatic carbocycles. The number of aryl methyl sites for hydroxylation is 1. The van der Waals surface area contributed by atoms with Crippen LogP contribution in [-0.2, 0) is 20.1 Å². The van der Waals surface area contributed by atoms with Gasteiger partial charge in [0.05, 0.1) is 24.3 Å². The highest BCUT2D eigenvalue weighted by Crippen LogP contribution is 2.16. The molecule has 4 rings (SSSR count). The predicted octanol–water partition coefficient (Wildman–Crippen LogP) is 1.38. The third-order valence-corrected chi connectivity index (χ3v) is 4.95. The Morgan fingerprint density at radius 1 is 1.22 bits per heavy atom. The van der Waals surface area contributed by atoms with Crippen molar-refractivity contribution in [2.75, 3.05) is 0 Å². The van der Waals surface area contributed by atoms with Gasteiger partial charge in [0.2, 0.25) is 0 Å². The van der Waals surface area contributed by atoms with Crippen LogP contribution in [-0.4, -0.2) is 28.3 Å². The smallest absolute Gasteiger partial charge is 0.301 e. The van der Waals surface area contributed by atoms with Gasteiger partial charge in [-0.3, -0.25) is 13.9 Å². The molecule has 0 saturated carbocycles. The van der Waals surface area contributed by atoms with Crippen LogP contribution in [0, 0.1) is 11.8 Å². The zero-order valence-electron chi connectivity index (χ0n) is 14.7. The first-order chi connectivity index (χ1) is 13.0. The van der Waals surface area contributed by atoms with Crippen molar-refractivity contribution in [2.24, 2.45) is 7.05 Å². The first-order valence-corrected chi connectivity index (χ1v) is 8.99. The Morgan fingerprint density at radius 3 is 2.78 bits per heavy atom. The van der Waals surface area contributed by atoms with E-state index >= 15 is 0 Å². The summed E-state index contributed by atoms with van der Waals surface area (Å²) in [6.07, 6.45) is 1.82. The molecule has 0 amide bonds. The summed E-state index contributed by atoms with van der Waals surface area (Å²) in [5.74, 6) is 5.73. The number of imidazole rings is 1. The summed E-state index contributed by atoms with van der Waals surface area (Å²) in [7, 11) is 1.60. The van der Waals surface area contributed by atoms with Gasteiger partial charge >= 0.3 is 5.69 Å². The molecule has 8 nitrogen and oxygen atoms in total. The van der Waals surface area contributed by atoms with Gasteiger partial charge in [-0.15, -0.1) is 5.92 Å². The van der Waals surface area contributed by atoms with Crippen molar-refractivity contribution in [1.82, 2.24) is 28.3 Å². The lowest BCUT2D eigenvalue weighted by Crippen LogP contribution is -2.40. The molecular formula is C18H15BrN6O2. The van der Waals surface area contributed by atoms with Gasteiger partial charge in [0.25, 0.3) is 5.56 Å². The SMILES string of the molecule is CC#CCn1c(Br)nc2c1c(=O)n(Cc1cc3ccccn3n1)c(=O)n2C. The Kier molecular flexibility index (Phi) is 4.20. The lowest BCUT2D eigenvalue weighted by molar-refractivity contribution is 0.640. The van der Waals surface area contributed by atoms with E-state index in [-0.39, 0.29) is 6.54 Å². The van der Waals surface area contributed by atoms with Crippen molar-refractivity contribution >= 4 is 32.6 Å². The summed E-state index contributed by atoms with van der Waals surface area (Å²) >= 11 is 3.35. The number of rotatable bonds is 3. The highest BCUT2D eigenvalue weighted by Gasteiger charge is 2.19. The second kappa shape index (κ2) is 6.55. The van der Waals surface area contributed by atoms with E-state index in [1.54, 1.807) is 23.1 Å². The monoisotopic (exact) mass is 426 g/mol. The molecular weight excluding hydrogens is 412 g/mol. The van der Waals surface area contributed by atoms with Crippen molar-refractivity contribution in [3.63, 3.8) is 0 Å². The minimum atomic E-state index is -0.441. The molecule has 4 heterocycles. The second-order valence-electron chi connectivity index (χ2n) is 6.00. The normalized spacial score (nSPS) is 11.1. The first kappa shape index (κ1) is 17.3. The Labute approximate surface area is 161 Å². The summed E-state index contributed by atoms with van der Waals surface area (Å²) in [6.45, 7) is 2.10. The van der Waals surface area contributed by atoms with Gasteiger partial charge in [0, 0.05) is 13.2 Å². The molecule has 0 atom stereocenters. The molecule has 0 spiro atoms. The number of hydrogen-bond acceptors (Lipinski definition) is 4. The number of hydrogen-bond donors (Lipinski definition) is 0. The fraction of sp³-hybridized carbons (Fsp3) is 0.222. The summed E-state index contributed by atoms with van der Waals surface area (Å²) < 4.78 is 6.37. The Hall–Kier alpha value is -3.12. The van der Waals surface area contributed by atoms with Crippen LogP contribution >= 0.6 is 15.9 Å². The fourth-order valence-corrected chi connectivity index (χ4v) is 3.49. The van der Waals surface area contributed by atoms with Crippen LogP contribution < -0.4 is 11.2 Å². The van der Waals surface area contributed by atoms with Crippen molar-refractivity contribution in [1.29, 1.82) is 0 Å². The maximum atomic E-state index is 13.1. The molecule has 0 saturated heterocycles. The van der Waals surface area contributed by atoms with Crippen molar-refractivity contribution in [3.8, 4) is 11.8 Å². The van der Waals surface area contributed by atoms with Gasteiger partial charge in [-0.2, -0.15) is 5.10 Å². The fourth-order valence-electron chi connectivity index (χ4n) is 3.02. The summed E-state index contributed by atoms with van der Waals surface area (Å²) in [4.78, 5) is 30.2. The number of aromatic nitrogens is 6. The Bertz CT molecular complexity index is 1330. The molecule has 0 aliphatic heterocycles. The summed E-state index contributed by atoms with van der Waals surface area (Å²) in [5, 5.41) is 4.43. The molecule has 0 N–H and O–H groups in total. The number of pyridine rings is 1. The van der Waals surface area contributed by atoms with Gasteiger partial charge in [-0.1, -0.05) is 12.0 Å². The van der Waals surface area contributed by atoms with Gasteiger partial charge < -0.3 is 4.57 Å². The minimum absolute atomic E-state index is 0.0748. The Morgan fingerprint density at radius 2 is 2.04 bits per heavy atom. The minimum Gasteiger partial charge on any atom is -0.301 e. The van der Waals surface area contributed by atoms with Crippen LogP contribution in [0.15, 0.2) is 44.8 Å². The summed E-state index contributed by atoms with van der Waals surface area (Å²) in [6, 6.07) is 7.54. The van der Waals surface area contributed by atoms with Crippen LogP contribution in [0.4, 0.5) is 0 Å². The second-order valence-corrected chi connectivity index (χ2v) is 6.71. The van der Waals surface area contributed by atoms with E-state index in [0.717, 1.165) is 5.52 Å². The molecule has 0 fully saturated rings. The number of nitrogens with zero attached hydrogens (tertiary/aromatic N) is 6. The van der Waals surface area contributed by atoms with E-state index in [0.29, 0.717) is 28.1 Å². The largest absolute Gasteiger partial charge is 0.332 e. The van der Waals surface area contributed by atoms with E-state index in [1.807, 2.05) is 30.5 Å². The molecule has 4 aromatic heterocycles. The maximum Gasteiger partial charge on any atom is 0.332 e. The lowest BCUT2D eigenvalue weighted by atomic mass is 10.3. The van der Waals surface area contributed by atoms with E-state index in [2.05, 4.69) is 37.9 Å². The Balaban J connectivity index is 1.93. The quantitative estimate of drug-likeness (QED) is 0.366. The van der Waals surface area contributed by atoms with Gasteiger partial charge in [-0.05, 0) is 41.1 Å². The highest BCUT2D eigenvalue weighted by atomic mass is 79.9. The van der Waals surface area contributed by atoms with Crippen LogP contribution in [0.2, 0.25) is 0 Å². The van der Waals surface area contributed by atoms with E-state index in [4.69, 9.17) is 0 Å². The third-order valence-electron chi connectivity index (χ3n) is 4.34. The van der Waals surface area contributed by atoms with Crippen LogP contribution in [0.25, 0.3) is 16.7 Å². The summed E-state index contributed by atoms with van der Waals surface area (Å²) in [5.41, 5.74) is 1.31. The molecule has 0 bridgehead atoms. The topological polar surface area (TPSA) is 79.1 Å². The molecule has 136 valence electrons. The van der Waals surface area contributed by atoms with Crippen molar-refractivity contribution in [3.05, 3.63) is 61.7 Å². The zero-order chi connectivity index (χ0) is 19.1. The van der Waals surface area contributed by atoms with Gasteiger partial charge in [-0.25, -0.2) is 14.3 Å². The molecule has 9 heteroatoms. The van der Waals surface area contributed by atoms with E-state index < -0.39 is 11.2 Å². The van der Waals surface area contributed by atoms with E-state index in [9.17, 15) is 9.59 Å². The molecule has 4 aromatic rings. The first-order valence-electron chi connectivity index (χ1n) is 8.19. The van der Waals surface area contributed by atoms with Crippen LogP contribution in [0.5, 0.6) is 0 Å². The standard InChI is InChI=1S/C18H15BrN6O2/c1-3-4-8-23-14-15(20-17(23)19)22(2)18(27)24(16(14)26)11-12-10-13-7-5-6-9-25(13)21-12/h5-7,9-10H,8,11H2,1-2H3. The van der Waals surface area contributed by atoms with Gasteiger partial charge in [0.15, 0.2) is 15.9 Å². The molecule has 0 aliphatic rings. The maximum absolute atomic E-state index is 13.1. The van der Waals surface area contributed by atoms with Crippen molar-refractivity contribution in [2.45, 2.75) is 20.0 Å². The highest BCUT2D eigenvalue weighted by molar-refractivity contribution is 9.10. The lowest BCUT2D eigenvalue weighted by Gasteiger charge is -2.07. The molecule has 27 heavy (non-hydrogen) atoms. The molecule has 0 unspecified atom stereocenters. The third kappa shape index (κ3) is 2.78. The number of fused-ring (bicyclic) bond motifs is 2. The average Bonchev–Trinajstić information content (AvgIpc) is 3.22. The predicted molar refractivity (Wildman–Crippen MR) is 105 cm³/mol. The molecule has 0 radical (unpaired) electrons.